The Balaban J connectivity index is 1.99. The molecule has 0 unspecified atom stereocenters. The Labute approximate surface area is 135 Å². The van der Waals surface area contributed by atoms with Crippen LogP contribution in [0.3, 0.4) is 0 Å². The number of benzene rings is 4. The van der Waals surface area contributed by atoms with Gasteiger partial charge < -0.3 is 4.79 Å². The summed E-state index contributed by atoms with van der Waals surface area (Å²) in [5, 5.41) is 4.87. The molecule has 0 aliphatic carbocycles. The van der Waals surface area contributed by atoms with E-state index in [2.05, 4.69) is 72.8 Å². The normalized spacial score (nSPS) is 11.0. The number of aldehydes is 1. The average Bonchev–Trinajstić information content (AvgIpc) is 2.61. The standard InChI is InChI=1S/C22H16O/c23-12-11-16-13-19-7-3-4-8-21(19)22(14-16)20-10-9-17-5-1-2-6-18(17)15-20/h1-10,12-15H,11H2. The molecule has 4 aromatic carbocycles. The van der Waals surface area contributed by atoms with Crippen molar-refractivity contribution in [3.05, 3.63) is 84.4 Å². The zero-order valence-electron chi connectivity index (χ0n) is 12.7. The van der Waals surface area contributed by atoms with E-state index in [0.717, 1.165) is 11.8 Å². The number of rotatable bonds is 3. The van der Waals surface area contributed by atoms with Crippen molar-refractivity contribution < 1.29 is 4.79 Å². The Bertz CT molecular complexity index is 1010. The highest BCUT2D eigenvalue weighted by Crippen LogP contribution is 2.32. The highest BCUT2D eigenvalue weighted by molar-refractivity contribution is 5.99. The second kappa shape index (κ2) is 5.69. The van der Waals surface area contributed by atoms with Gasteiger partial charge in [-0.05, 0) is 44.3 Å². The van der Waals surface area contributed by atoms with Crippen molar-refractivity contribution in [2.75, 3.05) is 0 Å². The molecule has 0 amide bonds. The van der Waals surface area contributed by atoms with E-state index in [0.29, 0.717) is 6.42 Å². The highest BCUT2D eigenvalue weighted by atomic mass is 16.1. The summed E-state index contributed by atoms with van der Waals surface area (Å²) in [5.74, 6) is 0. The van der Waals surface area contributed by atoms with Crippen molar-refractivity contribution in [3.8, 4) is 11.1 Å². The summed E-state index contributed by atoms with van der Waals surface area (Å²) in [7, 11) is 0. The minimum Gasteiger partial charge on any atom is -0.303 e. The molecule has 0 aliphatic heterocycles. The first kappa shape index (κ1) is 13.7. The van der Waals surface area contributed by atoms with Crippen molar-refractivity contribution in [1.82, 2.24) is 0 Å². The second-order valence-electron chi connectivity index (χ2n) is 5.80. The lowest BCUT2D eigenvalue weighted by Gasteiger charge is -2.11. The van der Waals surface area contributed by atoms with E-state index in [1.165, 1.54) is 32.7 Å². The van der Waals surface area contributed by atoms with E-state index in [9.17, 15) is 4.79 Å². The van der Waals surface area contributed by atoms with Crippen LogP contribution >= 0.6 is 0 Å². The van der Waals surface area contributed by atoms with Crippen LogP contribution in [0.4, 0.5) is 0 Å². The van der Waals surface area contributed by atoms with Gasteiger partial charge in [-0.25, -0.2) is 0 Å². The third-order valence-electron chi connectivity index (χ3n) is 4.30. The zero-order valence-corrected chi connectivity index (χ0v) is 12.7. The van der Waals surface area contributed by atoms with Gasteiger partial charge >= 0.3 is 0 Å². The maximum Gasteiger partial charge on any atom is 0.124 e. The Morgan fingerprint density at radius 2 is 1.43 bits per heavy atom. The van der Waals surface area contributed by atoms with E-state index in [-0.39, 0.29) is 0 Å². The predicted molar refractivity (Wildman–Crippen MR) is 96.7 cm³/mol. The van der Waals surface area contributed by atoms with Gasteiger partial charge in [0.1, 0.15) is 6.29 Å². The van der Waals surface area contributed by atoms with Gasteiger partial charge in [-0.1, -0.05) is 72.8 Å². The summed E-state index contributed by atoms with van der Waals surface area (Å²) in [6.45, 7) is 0. The van der Waals surface area contributed by atoms with Crippen LogP contribution in [0.25, 0.3) is 32.7 Å². The molecule has 0 N–H and O–H groups in total. The first-order valence-electron chi connectivity index (χ1n) is 7.79. The average molecular weight is 296 g/mol. The fourth-order valence-electron chi connectivity index (χ4n) is 3.18. The fraction of sp³-hybridized carbons (Fsp3) is 0.0455. The van der Waals surface area contributed by atoms with Gasteiger partial charge in [0, 0.05) is 6.42 Å². The van der Waals surface area contributed by atoms with E-state index in [1.54, 1.807) is 0 Å². The van der Waals surface area contributed by atoms with Crippen LogP contribution in [0.5, 0.6) is 0 Å². The van der Waals surface area contributed by atoms with Crippen molar-refractivity contribution in [2.45, 2.75) is 6.42 Å². The van der Waals surface area contributed by atoms with Crippen molar-refractivity contribution in [3.63, 3.8) is 0 Å². The maximum atomic E-state index is 10.9. The molecular formula is C22H16O. The van der Waals surface area contributed by atoms with Gasteiger partial charge in [-0.3, -0.25) is 0 Å². The topological polar surface area (TPSA) is 17.1 Å². The van der Waals surface area contributed by atoms with Crippen LogP contribution in [-0.4, -0.2) is 6.29 Å². The minimum absolute atomic E-state index is 0.450. The molecule has 0 radical (unpaired) electrons. The number of carbonyl (C=O) groups excluding carboxylic acids is 1. The Kier molecular flexibility index (Phi) is 3.39. The molecule has 0 atom stereocenters. The quantitative estimate of drug-likeness (QED) is 0.462. The molecule has 0 saturated heterocycles. The third kappa shape index (κ3) is 2.51. The first-order chi connectivity index (χ1) is 11.3. The summed E-state index contributed by atoms with van der Waals surface area (Å²) >= 11 is 0. The SMILES string of the molecule is O=CCc1cc(-c2ccc3ccccc3c2)c2ccccc2c1. The highest BCUT2D eigenvalue weighted by Gasteiger charge is 2.07. The van der Waals surface area contributed by atoms with Crippen LogP contribution in [0.2, 0.25) is 0 Å². The number of carbonyl (C=O) groups is 1. The van der Waals surface area contributed by atoms with Gasteiger partial charge in [0.2, 0.25) is 0 Å². The lowest BCUT2D eigenvalue weighted by molar-refractivity contribution is -0.107. The summed E-state index contributed by atoms with van der Waals surface area (Å²) in [6.07, 6.45) is 1.42. The van der Waals surface area contributed by atoms with Gasteiger partial charge in [-0.2, -0.15) is 0 Å². The number of hydrogen-bond donors (Lipinski definition) is 0. The van der Waals surface area contributed by atoms with E-state index >= 15 is 0 Å². The van der Waals surface area contributed by atoms with E-state index < -0.39 is 0 Å². The molecule has 0 aromatic heterocycles. The summed E-state index contributed by atoms with van der Waals surface area (Å²) in [4.78, 5) is 10.9. The number of fused-ring (bicyclic) bond motifs is 2. The minimum atomic E-state index is 0.450. The van der Waals surface area contributed by atoms with Crippen LogP contribution in [0.1, 0.15) is 5.56 Å². The van der Waals surface area contributed by atoms with E-state index in [4.69, 9.17) is 0 Å². The van der Waals surface area contributed by atoms with Crippen molar-refractivity contribution in [2.24, 2.45) is 0 Å². The molecule has 23 heavy (non-hydrogen) atoms. The maximum absolute atomic E-state index is 10.9. The van der Waals surface area contributed by atoms with Crippen LogP contribution in [-0.2, 0) is 11.2 Å². The monoisotopic (exact) mass is 296 g/mol. The van der Waals surface area contributed by atoms with Crippen LogP contribution in [0, 0.1) is 0 Å². The molecule has 0 fully saturated rings. The molecule has 0 saturated carbocycles. The summed E-state index contributed by atoms with van der Waals surface area (Å²) in [5.41, 5.74) is 3.43. The summed E-state index contributed by atoms with van der Waals surface area (Å²) in [6, 6.07) is 27.5. The van der Waals surface area contributed by atoms with Crippen LogP contribution in [0.15, 0.2) is 78.9 Å². The smallest absolute Gasteiger partial charge is 0.124 e. The second-order valence-corrected chi connectivity index (χ2v) is 5.80. The lowest BCUT2D eigenvalue weighted by atomic mass is 9.93. The first-order valence-corrected chi connectivity index (χ1v) is 7.79. The molecule has 0 aliphatic rings. The molecule has 4 rings (SSSR count). The van der Waals surface area contributed by atoms with Gasteiger partial charge in [0.05, 0.1) is 0 Å². The molecule has 110 valence electrons. The molecular weight excluding hydrogens is 280 g/mol. The summed E-state index contributed by atoms with van der Waals surface area (Å²) < 4.78 is 0. The Morgan fingerprint density at radius 3 is 2.26 bits per heavy atom. The molecule has 0 heterocycles. The number of hydrogen-bond acceptors (Lipinski definition) is 1. The van der Waals surface area contributed by atoms with Crippen molar-refractivity contribution in [1.29, 1.82) is 0 Å². The largest absolute Gasteiger partial charge is 0.303 e. The Hall–Kier alpha value is -2.93. The molecule has 4 aromatic rings. The molecule has 0 bridgehead atoms. The van der Waals surface area contributed by atoms with Gasteiger partial charge in [-0.15, -0.1) is 0 Å². The lowest BCUT2D eigenvalue weighted by Crippen LogP contribution is -1.90. The van der Waals surface area contributed by atoms with Gasteiger partial charge in [0.15, 0.2) is 0 Å². The Morgan fingerprint density at radius 1 is 0.696 bits per heavy atom. The molecule has 1 heteroatoms. The van der Waals surface area contributed by atoms with Crippen LogP contribution < -0.4 is 0 Å². The third-order valence-corrected chi connectivity index (χ3v) is 4.30. The zero-order chi connectivity index (χ0) is 15.6. The fourth-order valence-corrected chi connectivity index (χ4v) is 3.18. The molecule has 1 nitrogen and oxygen atoms in total. The van der Waals surface area contributed by atoms with E-state index in [1.807, 2.05) is 6.07 Å². The van der Waals surface area contributed by atoms with Crippen molar-refractivity contribution >= 4 is 27.8 Å². The molecule has 0 spiro atoms. The van der Waals surface area contributed by atoms with Gasteiger partial charge in [0.25, 0.3) is 0 Å². The predicted octanol–water partition coefficient (Wildman–Crippen LogP) is 5.40.